The number of hydrogen-bond donors (Lipinski definition) is 0. The number of thioether (sulfide) groups is 1. The number of aromatic nitrogens is 2. The molecular formula is C13H16N2OS. The zero-order valence-electron chi connectivity index (χ0n) is 10.4. The minimum absolute atomic E-state index is 0.412. The van der Waals surface area contributed by atoms with Crippen molar-refractivity contribution < 1.29 is 4.74 Å². The zero-order valence-corrected chi connectivity index (χ0v) is 11.2. The molecule has 0 atom stereocenters. The van der Waals surface area contributed by atoms with Gasteiger partial charge in [0.1, 0.15) is 11.4 Å². The highest BCUT2D eigenvalue weighted by Gasteiger charge is 2.39. The molecule has 3 nitrogen and oxygen atoms in total. The van der Waals surface area contributed by atoms with Gasteiger partial charge in [-0.15, -0.1) is 11.8 Å². The van der Waals surface area contributed by atoms with Crippen molar-refractivity contribution in [1.82, 2.24) is 9.38 Å². The van der Waals surface area contributed by atoms with Gasteiger partial charge in [0.2, 0.25) is 0 Å². The van der Waals surface area contributed by atoms with Crippen molar-refractivity contribution in [2.45, 2.75) is 36.3 Å². The topological polar surface area (TPSA) is 26.5 Å². The number of rotatable bonds is 3. The number of nitrogens with zero attached hydrogens (tertiary/aromatic N) is 2. The van der Waals surface area contributed by atoms with Crippen LogP contribution in [0.25, 0.3) is 5.65 Å². The van der Waals surface area contributed by atoms with Gasteiger partial charge in [-0.2, -0.15) is 0 Å². The molecule has 1 aliphatic rings. The van der Waals surface area contributed by atoms with Gasteiger partial charge in [0.15, 0.2) is 0 Å². The summed E-state index contributed by atoms with van der Waals surface area (Å²) in [5.74, 6) is 0.932. The maximum atomic E-state index is 5.46. The van der Waals surface area contributed by atoms with Crippen molar-refractivity contribution in [2.24, 2.45) is 0 Å². The summed E-state index contributed by atoms with van der Waals surface area (Å²) in [6, 6.07) is 2.01. The fourth-order valence-electron chi connectivity index (χ4n) is 1.89. The van der Waals surface area contributed by atoms with E-state index in [9.17, 15) is 0 Å². The molecule has 1 saturated carbocycles. The van der Waals surface area contributed by atoms with Crippen LogP contribution in [0.5, 0.6) is 5.75 Å². The second-order valence-electron chi connectivity index (χ2n) is 4.89. The SMILES string of the molecule is COc1cc2ncc(C)n2cc1SC1(C)CC1. The molecule has 0 aromatic carbocycles. The largest absolute Gasteiger partial charge is 0.495 e. The van der Waals surface area contributed by atoms with Gasteiger partial charge in [-0.1, -0.05) is 6.92 Å². The summed E-state index contributed by atoms with van der Waals surface area (Å²) in [5, 5.41) is 0. The lowest BCUT2D eigenvalue weighted by molar-refractivity contribution is 0.404. The summed E-state index contributed by atoms with van der Waals surface area (Å²) < 4.78 is 8.00. The Bertz CT molecular complexity index is 572. The number of imidazole rings is 1. The zero-order chi connectivity index (χ0) is 12.0. The Kier molecular flexibility index (Phi) is 2.36. The van der Waals surface area contributed by atoms with Crippen LogP contribution in [0.2, 0.25) is 0 Å². The Labute approximate surface area is 105 Å². The maximum Gasteiger partial charge on any atom is 0.140 e. The van der Waals surface area contributed by atoms with E-state index in [0.29, 0.717) is 4.75 Å². The fourth-order valence-corrected chi connectivity index (χ4v) is 3.13. The first-order chi connectivity index (χ1) is 8.11. The predicted molar refractivity (Wildman–Crippen MR) is 70.0 cm³/mol. The van der Waals surface area contributed by atoms with Crippen LogP contribution < -0.4 is 4.74 Å². The molecule has 4 heteroatoms. The first-order valence-electron chi connectivity index (χ1n) is 5.82. The molecule has 0 bridgehead atoms. The number of ether oxygens (including phenoxy) is 1. The van der Waals surface area contributed by atoms with Crippen LogP contribution in [-0.4, -0.2) is 21.2 Å². The summed E-state index contributed by atoms with van der Waals surface area (Å²) in [6.45, 7) is 4.38. The smallest absolute Gasteiger partial charge is 0.140 e. The Morgan fingerprint density at radius 1 is 1.47 bits per heavy atom. The number of fused-ring (bicyclic) bond motifs is 1. The number of aryl methyl sites for hydroxylation is 1. The van der Waals surface area contributed by atoms with Crippen molar-refractivity contribution in [1.29, 1.82) is 0 Å². The highest BCUT2D eigenvalue weighted by atomic mass is 32.2. The Morgan fingerprint density at radius 2 is 2.24 bits per heavy atom. The van der Waals surface area contributed by atoms with Crippen molar-refractivity contribution in [3.8, 4) is 5.75 Å². The van der Waals surface area contributed by atoms with Gasteiger partial charge in [-0.3, -0.25) is 0 Å². The third-order valence-electron chi connectivity index (χ3n) is 3.29. The molecule has 0 aliphatic heterocycles. The van der Waals surface area contributed by atoms with Crippen LogP contribution in [-0.2, 0) is 0 Å². The van der Waals surface area contributed by atoms with Crippen LogP contribution >= 0.6 is 11.8 Å². The van der Waals surface area contributed by atoms with Gasteiger partial charge in [-0.05, 0) is 19.8 Å². The normalized spacial score (nSPS) is 17.4. The molecule has 0 saturated heterocycles. The molecule has 17 heavy (non-hydrogen) atoms. The van der Waals surface area contributed by atoms with E-state index in [4.69, 9.17) is 4.74 Å². The van der Waals surface area contributed by atoms with E-state index < -0.39 is 0 Å². The van der Waals surface area contributed by atoms with Crippen molar-refractivity contribution >= 4 is 17.4 Å². The minimum atomic E-state index is 0.412. The lowest BCUT2D eigenvalue weighted by Crippen LogP contribution is -1.98. The Morgan fingerprint density at radius 3 is 2.88 bits per heavy atom. The minimum Gasteiger partial charge on any atom is -0.495 e. The quantitative estimate of drug-likeness (QED) is 0.833. The molecular weight excluding hydrogens is 232 g/mol. The molecule has 0 unspecified atom stereocenters. The molecule has 1 aliphatic carbocycles. The first kappa shape index (κ1) is 11.0. The summed E-state index contributed by atoms with van der Waals surface area (Å²) in [4.78, 5) is 5.56. The van der Waals surface area contributed by atoms with Gasteiger partial charge >= 0.3 is 0 Å². The van der Waals surface area contributed by atoms with E-state index >= 15 is 0 Å². The molecule has 2 aromatic rings. The van der Waals surface area contributed by atoms with Crippen molar-refractivity contribution in [3.05, 3.63) is 24.2 Å². The van der Waals surface area contributed by atoms with E-state index in [0.717, 1.165) is 17.1 Å². The van der Waals surface area contributed by atoms with Crippen molar-refractivity contribution in [2.75, 3.05) is 7.11 Å². The average Bonchev–Trinajstić information content (AvgIpc) is 2.93. The fraction of sp³-hybridized carbons (Fsp3) is 0.462. The molecule has 2 aromatic heterocycles. The van der Waals surface area contributed by atoms with Gasteiger partial charge in [0.05, 0.1) is 12.0 Å². The van der Waals surface area contributed by atoms with Crippen LogP contribution in [0.15, 0.2) is 23.4 Å². The third-order valence-corrected chi connectivity index (χ3v) is 4.72. The monoisotopic (exact) mass is 248 g/mol. The standard InChI is InChI=1S/C13H16N2OS/c1-9-7-14-12-6-10(16-3)11(8-15(9)12)17-13(2)4-5-13/h6-8H,4-5H2,1-3H3. The number of methoxy groups -OCH3 is 1. The lowest BCUT2D eigenvalue weighted by Gasteiger charge is -2.13. The second kappa shape index (κ2) is 3.67. The molecule has 90 valence electrons. The average molecular weight is 248 g/mol. The lowest BCUT2D eigenvalue weighted by atomic mass is 10.4. The van der Waals surface area contributed by atoms with Crippen molar-refractivity contribution in [3.63, 3.8) is 0 Å². The van der Waals surface area contributed by atoms with Gasteiger partial charge < -0.3 is 9.14 Å². The maximum absolute atomic E-state index is 5.46. The Hall–Kier alpha value is -1.16. The second-order valence-corrected chi connectivity index (χ2v) is 6.52. The predicted octanol–water partition coefficient (Wildman–Crippen LogP) is 3.30. The van der Waals surface area contributed by atoms with E-state index in [1.165, 1.54) is 17.7 Å². The molecule has 0 N–H and O–H groups in total. The third kappa shape index (κ3) is 1.90. The van der Waals surface area contributed by atoms with Crippen LogP contribution in [0.1, 0.15) is 25.5 Å². The van der Waals surface area contributed by atoms with Crippen LogP contribution in [0.4, 0.5) is 0 Å². The molecule has 2 heterocycles. The molecule has 1 fully saturated rings. The van der Waals surface area contributed by atoms with E-state index in [1.54, 1.807) is 7.11 Å². The summed E-state index contributed by atoms with van der Waals surface area (Å²) in [5.41, 5.74) is 2.11. The van der Waals surface area contributed by atoms with E-state index in [2.05, 4.69) is 29.4 Å². The van der Waals surface area contributed by atoms with Crippen LogP contribution in [0, 0.1) is 6.92 Å². The summed E-state index contributed by atoms with van der Waals surface area (Å²) in [7, 11) is 1.72. The highest BCUT2D eigenvalue weighted by molar-refractivity contribution is 8.01. The molecule has 0 spiro atoms. The van der Waals surface area contributed by atoms with E-state index in [1.807, 2.05) is 24.0 Å². The molecule has 3 rings (SSSR count). The summed E-state index contributed by atoms with van der Waals surface area (Å²) in [6.07, 6.45) is 6.62. The molecule has 0 amide bonds. The van der Waals surface area contributed by atoms with Gasteiger partial charge in [0.25, 0.3) is 0 Å². The number of hydrogen-bond acceptors (Lipinski definition) is 3. The molecule has 0 radical (unpaired) electrons. The van der Waals surface area contributed by atoms with Gasteiger partial charge in [-0.25, -0.2) is 4.98 Å². The van der Waals surface area contributed by atoms with Crippen LogP contribution in [0.3, 0.4) is 0 Å². The van der Waals surface area contributed by atoms with Gasteiger partial charge in [0, 0.05) is 28.9 Å². The van der Waals surface area contributed by atoms with E-state index in [-0.39, 0.29) is 0 Å². The highest BCUT2D eigenvalue weighted by Crippen LogP contribution is 2.53. The first-order valence-corrected chi connectivity index (χ1v) is 6.64. The Balaban J connectivity index is 2.10. The summed E-state index contributed by atoms with van der Waals surface area (Å²) >= 11 is 1.92. The number of pyridine rings is 1.